The van der Waals surface area contributed by atoms with E-state index in [-0.39, 0.29) is 35.0 Å². The predicted octanol–water partition coefficient (Wildman–Crippen LogP) is 5.53. The summed E-state index contributed by atoms with van der Waals surface area (Å²) in [5.74, 6) is -0.337. The number of allylic oxidation sites excluding steroid dienone is 3. The molecule has 0 amide bonds. The number of ketones is 1. The number of phenolic OH excluding ortho intramolecular Hbond substituents is 2. The average molecular weight is 439 g/mol. The molecule has 0 aliphatic carbocycles. The van der Waals surface area contributed by atoms with E-state index in [4.69, 9.17) is 14.2 Å². The summed E-state index contributed by atoms with van der Waals surface area (Å²) in [5.41, 5.74) is 3.72. The Morgan fingerprint density at radius 1 is 1.09 bits per heavy atom. The van der Waals surface area contributed by atoms with Crippen LogP contribution in [-0.4, -0.2) is 29.7 Å². The molecule has 170 valence electrons. The van der Waals surface area contributed by atoms with Gasteiger partial charge in [-0.15, -0.1) is 0 Å². The van der Waals surface area contributed by atoms with E-state index < -0.39 is 12.1 Å². The summed E-state index contributed by atoms with van der Waals surface area (Å²) in [7, 11) is 1.45. The van der Waals surface area contributed by atoms with Gasteiger partial charge < -0.3 is 24.4 Å². The fourth-order valence-corrected chi connectivity index (χ4v) is 3.63. The minimum atomic E-state index is -1.01. The van der Waals surface area contributed by atoms with Crippen LogP contribution in [-0.2, 0) is 11.2 Å². The summed E-state index contributed by atoms with van der Waals surface area (Å²) in [6.45, 7) is 9.92. The summed E-state index contributed by atoms with van der Waals surface area (Å²) in [4.78, 5) is 13.6. The molecule has 0 aromatic heterocycles. The van der Waals surface area contributed by atoms with E-state index in [1.54, 1.807) is 19.1 Å². The van der Waals surface area contributed by atoms with Crippen molar-refractivity contribution in [3.63, 3.8) is 0 Å². The van der Waals surface area contributed by atoms with Crippen LogP contribution in [0, 0.1) is 6.92 Å². The van der Waals surface area contributed by atoms with E-state index in [1.165, 1.54) is 13.2 Å². The lowest BCUT2D eigenvalue weighted by Gasteiger charge is -2.22. The van der Waals surface area contributed by atoms with Crippen LogP contribution >= 0.6 is 0 Å². The number of carbonyl (C=O) groups excluding carboxylic acids is 1. The predicted molar refractivity (Wildman–Crippen MR) is 123 cm³/mol. The van der Waals surface area contributed by atoms with Gasteiger partial charge in [-0.25, -0.2) is 0 Å². The van der Waals surface area contributed by atoms with Crippen LogP contribution < -0.4 is 9.47 Å². The van der Waals surface area contributed by atoms with Gasteiger partial charge in [0.25, 0.3) is 0 Å². The molecule has 2 aromatic rings. The minimum Gasteiger partial charge on any atom is -0.507 e. The number of phenols is 2. The molecule has 1 aliphatic rings. The number of ether oxygens (including phenoxy) is 3. The number of hydrogen-bond donors (Lipinski definition) is 2. The smallest absolute Gasteiger partial charge is 0.230 e. The van der Waals surface area contributed by atoms with E-state index in [1.807, 2.05) is 39.8 Å². The van der Waals surface area contributed by atoms with Crippen molar-refractivity contribution in [1.82, 2.24) is 0 Å². The maximum atomic E-state index is 13.6. The van der Waals surface area contributed by atoms with Crippen molar-refractivity contribution in [3.05, 3.63) is 69.3 Å². The lowest BCUT2D eigenvalue weighted by atomic mass is 9.92. The van der Waals surface area contributed by atoms with Crippen molar-refractivity contribution in [2.24, 2.45) is 0 Å². The second kappa shape index (κ2) is 9.49. The Morgan fingerprint density at radius 3 is 2.41 bits per heavy atom. The fraction of sp³-hybridized carbons (Fsp3) is 0.346. The Labute approximate surface area is 188 Å². The molecule has 2 aromatic carbocycles. The van der Waals surface area contributed by atoms with E-state index in [0.29, 0.717) is 28.9 Å². The fourth-order valence-electron chi connectivity index (χ4n) is 3.63. The zero-order valence-electron chi connectivity index (χ0n) is 19.4. The number of fused-ring (bicyclic) bond motifs is 2. The Kier molecular flexibility index (Phi) is 6.94. The van der Waals surface area contributed by atoms with Gasteiger partial charge in [0, 0.05) is 7.11 Å². The van der Waals surface area contributed by atoms with Crippen molar-refractivity contribution < 1.29 is 29.2 Å². The van der Waals surface area contributed by atoms with E-state index in [2.05, 4.69) is 0 Å². The van der Waals surface area contributed by atoms with Crippen molar-refractivity contribution in [2.45, 2.75) is 47.3 Å². The van der Waals surface area contributed by atoms with Crippen LogP contribution in [0.3, 0.4) is 0 Å². The zero-order valence-corrected chi connectivity index (χ0v) is 19.4. The normalized spacial score (nSPS) is 14.6. The molecule has 32 heavy (non-hydrogen) atoms. The largest absolute Gasteiger partial charge is 0.507 e. The first-order chi connectivity index (χ1) is 15.1. The van der Waals surface area contributed by atoms with Gasteiger partial charge in [0.1, 0.15) is 35.2 Å². The van der Waals surface area contributed by atoms with E-state index in [0.717, 1.165) is 11.1 Å². The number of carbonyl (C=O) groups is 1. The van der Waals surface area contributed by atoms with Gasteiger partial charge >= 0.3 is 0 Å². The van der Waals surface area contributed by atoms with Crippen molar-refractivity contribution >= 4 is 5.78 Å². The number of benzene rings is 2. The van der Waals surface area contributed by atoms with Crippen molar-refractivity contribution in [3.8, 4) is 23.0 Å². The third-order valence-electron chi connectivity index (χ3n) is 5.29. The summed E-state index contributed by atoms with van der Waals surface area (Å²) < 4.78 is 17.6. The standard InChI is InChI=1S/C26H30O6/c1-14(2)7-8-17-9-10-19-21(23(17)28)24(29)20-18(27)13-16(5)25(31-12-11-15(3)4)22(20)26(30-6)32-19/h7,9-11,13,26-28H,8,12H2,1-6H3/t26-/m0/s1. The highest BCUT2D eigenvalue weighted by molar-refractivity contribution is 6.16. The van der Waals surface area contributed by atoms with E-state index in [9.17, 15) is 15.0 Å². The maximum absolute atomic E-state index is 13.6. The average Bonchev–Trinajstić information content (AvgIpc) is 2.84. The second-order valence-corrected chi connectivity index (χ2v) is 8.37. The Bertz CT molecular complexity index is 1100. The number of aryl methyl sites for hydroxylation is 1. The van der Waals surface area contributed by atoms with Crippen LogP contribution in [0.1, 0.15) is 66.6 Å². The number of aromatic hydroxyl groups is 2. The SMILES string of the molecule is CO[C@H]1Oc2ccc(CC=C(C)C)c(O)c2C(=O)c2c(O)cc(C)c(OCC=C(C)C)c21. The van der Waals surface area contributed by atoms with Crippen LogP contribution in [0.5, 0.6) is 23.0 Å². The lowest BCUT2D eigenvalue weighted by molar-refractivity contribution is -0.0573. The van der Waals surface area contributed by atoms with Crippen molar-refractivity contribution in [2.75, 3.05) is 13.7 Å². The third kappa shape index (κ3) is 4.50. The molecule has 6 nitrogen and oxygen atoms in total. The Hall–Kier alpha value is -3.25. The molecule has 0 fully saturated rings. The van der Waals surface area contributed by atoms with E-state index >= 15 is 0 Å². The topological polar surface area (TPSA) is 85.2 Å². The summed E-state index contributed by atoms with van der Waals surface area (Å²) >= 11 is 0. The van der Waals surface area contributed by atoms with Crippen LogP contribution in [0.4, 0.5) is 0 Å². The molecule has 0 spiro atoms. The molecule has 0 saturated carbocycles. The molecule has 0 saturated heterocycles. The molecule has 0 unspecified atom stereocenters. The van der Waals surface area contributed by atoms with Gasteiger partial charge in [0.2, 0.25) is 12.1 Å². The number of methoxy groups -OCH3 is 1. The highest BCUT2D eigenvalue weighted by Gasteiger charge is 2.37. The van der Waals surface area contributed by atoms with Crippen LogP contribution in [0.15, 0.2) is 41.5 Å². The molecule has 1 atom stereocenters. The quantitative estimate of drug-likeness (QED) is 0.577. The lowest BCUT2D eigenvalue weighted by Crippen LogP contribution is -2.14. The van der Waals surface area contributed by atoms with Crippen molar-refractivity contribution in [1.29, 1.82) is 0 Å². The Morgan fingerprint density at radius 2 is 1.78 bits per heavy atom. The van der Waals surface area contributed by atoms with Crippen LogP contribution in [0.25, 0.3) is 0 Å². The van der Waals surface area contributed by atoms with Crippen LogP contribution in [0.2, 0.25) is 0 Å². The number of rotatable bonds is 6. The molecule has 1 heterocycles. The molecule has 6 heteroatoms. The summed E-state index contributed by atoms with van der Waals surface area (Å²) in [6, 6.07) is 4.85. The first-order valence-electron chi connectivity index (χ1n) is 10.5. The first-order valence-corrected chi connectivity index (χ1v) is 10.5. The van der Waals surface area contributed by atoms with Gasteiger partial charge in [-0.1, -0.05) is 23.3 Å². The highest BCUT2D eigenvalue weighted by atomic mass is 16.7. The second-order valence-electron chi connectivity index (χ2n) is 8.37. The summed E-state index contributed by atoms with van der Waals surface area (Å²) in [5, 5.41) is 21.7. The third-order valence-corrected chi connectivity index (χ3v) is 5.29. The molecule has 0 radical (unpaired) electrons. The first kappa shape index (κ1) is 23.4. The number of hydrogen-bond acceptors (Lipinski definition) is 6. The highest BCUT2D eigenvalue weighted by Crippen LogP contribution is 2.47. The molecular weight excluding hydrogens is 408 g/mol. The summed E-state index contributed by atoms with van der Waals surface area (Å²) in [6.07, 6.45) is 3.33. The zero-order chi connectivity index (χ0) is 23.6. The van der Waals surface area contributed by atoms with Gasteiger partial charge in [0.15, 0.2) is 0 Å². The Balaban J connectivity index is 2.21. The van der Waals surface area contributed by atoms with Gasteiger partial charge in [-0.3, -0.25) is 4.79 Å². The molecule has 2 N–H and O–H groups in total. The molecule has 0 bridgehead atoms. The van der Waals surface area contributed by atoms with Gasteiger partial charge in [0.05, 0.1) is 11.1 Å². The monoisotopic (exact) mass is 438 g/mol. The minimum absolute atomic E-state index is 0.000132. The molecule has 1 aliphatic heterocycles. The molecule has 3 rings (SSSR count). The maximum Gasteiger partial charge on any atom is 0.230 e. The van der Waals surface area contributed by atoms with Gasteiger partial charge in [-0.05, 0) is 70.4 Å². The van der Waals surface area contributed by atoms with Gasteiger partial charge in [-0.2, -0.15) is 0 Å². The molecular formula is C26H30O6.